The lowest BCUT2D eigenvalue weighted by Gasteiger charge is -2.34. The van der Waals surface area contributed by atoms with Crippen molar-refractivity contribution in [3.8, 4) is 11.1 Å². The van der Waals surface area contributed by atoms with Crippen molar-refractivity contribution in [2.45, 2.75) is 50.8 Å². The molecular formula is C24H26F4N2O2S. The number of halogens is 4. The van der Waals surface area contributed by atoms with Crippen LogP contribution in [-0.2, 0) is 16.0 Å². The largest absolute Gasteiger partial charge is 0.368 e. The van der Waals surface area contributed by atoms with Gasteiger partial charge in [-0.1, -0.05) is 43.1 Å². The lowest BCUT2D eigenvalue weighted by molar-refractivity contribution is -0.158. The first-order valence-corrected chi connectivity index (χ1v) is 11.9. The minimum atomic E-state index is -3.17. The third-order valence-electron chi connectivity index (χ3n) is 6.21. The summed E-state index contributed by atoms with van der Waals surface area (Å²) < 4.78 is 67.2. The van der Waals surface area contributed by atoms with Gasteiger partial charge in [-0.2, -0.15) is 0 Å². The molecule has 2 aromatic rings. The van der Waals surface area contributed by atoms with Gasteiger partial charge >= 0.3 is 0 Å². The third-order valence-corrected chi connectivity index (χ3v) is 6.92. The fourth-order valence-electron chi connectivity index (χ4n) is 4.32. The van der Waals surface area contributed by atoms with E-state index in [-0.39, 0.29) is 17.5 Å². The molecule has 2 aromatic carbocycles. The quantitative estimate of drug-likeness (QED) is 0.457. The molecule has 2 heterocycles. The van der Waals surface area contributed by atoms with Gasteiger partial charge in [0.15, 0.2) is 0 Å². The molecule has 0 spiro atoms. The first kappa shape index (κ1) is 24.0. The fourth-order valence-corrected chi connectivity index (χ4v) is 5.00. The van der Waals surface area contributed by atoms with E-state index in [1.807, 2.05) is 6.92 Å². The number of ether oxygens (including phenoxy) is 1. The van der Waals surface area contributed by atoms with E-state index in [0.717, 1.165) is 16.8 Å². The Morgan fingerprint density at radius 3 is 2.67 bits per heavy atom. The molecule has 0 aromatic heterocycles. The molecule has 4 nitrogen and oxygen atoms in total. The maximum atomic E-state index is 15.5. The Bertz CT molecular complexity index is 1030. The number of aryl methyl sites for hydroxylation is 1. The van der Waals surface area contributed by atoms with E-state index < -0.39 is 48.2 Å². The molecular weight excluding hydrogens is 456 g/mol. The molecule has 1 amide bonds. The van der Waals surface area contributed by atoms with Crippen molar-refractivity contribution in [2.24, 2.45) is 0 Å². The number of hydrogen-bond donors (Lipinski definition) is 1. The Balaban J connectivity index is 1.67. The number of carbonyl (C=O) groups excluding carboxylic acids is 1. The van der Waals surface area contributed by atoms with Crippen molar-refractivity contribution in [2.75, 3.05) is 18.9 Å². The molecule has 33 heavy (non-hydrogen) atoms. The Morgan fingerprint density at radius 1 is 1.27 bits per heavy atom. The molecule has 2 saturated heterocycles. The fraction of sp³-hybridized carbons (Fsp3) is 0.458. The smallest absolute Gasteiger partial charge is 0.283 e. The monoisotopic (exact) mass is 482 g/mol. The molecule has 2 aliphatic rings. The van der Waals surface area contributed by atoms with Crippen LogP contribution < -0.4 is 4.72 Å². The van der Waals surface area contributed by atoms with Crippen LogP contribution in [0.4, 0.5) is 17.6 Å². The van der Waals surface area contributed by atoms with Gasteiger partial charge in [0.05, 0.1) is 19.2 Å². The molecule has 178 valence electrons. The van der Waals surface area contributed by atoms with E-state index >= 15 is 4.39 Å². The predicted octanol–water partition coefficient (Wildman–Crippen LogP) is 4.74. The summed E-state index contributed by atoms with van der Waals surface area (Å²) in [4.78, 5) is 14.0. The van der Waals surface area contributed by atoms with Gasteiger partial charge in [0.25, 0.3) is 11.8 Å². The van der Waals surface area contributed by atoms with E-state index in [2.05, 4.69) is 4.72 Å². The van der Waals surface area contributed by atoms with Gasteiger partial charge in [-0.15, -0.1) is 0 Å². The second kappa shape index (κ2) is 9.64. The number of likely N-dealkylation sites (tertiary alicyclic amines) is 1. The van der Waals surface area contributed by atoms with Gasteiger partial charge in [0.2, 0.25) is 0 Å². The zero-order valence-electron chi connectivity index (χ0n) is 18.4. The summed E-state index contributed by atoms with van der Waals surface area (Å²) >= 11 is 1.14. The van der Waals surface area contributed by atoms with Crippen molar-refractivity contribution >= 4 is 17.9 Å². The molecule has 4 rings (SSSR count). The van der Waals surface area contributed by atoms with Crippen LogP contribution in [0.5, 0.6) is 0 Å². The van der Waals surface area contributed by atoms with Crippen LogP contribution in [0.2, 0.25) is 0 Å². The number of alkyl halides is 2. The standard InChI is InChI=1S/C24H26F4N2O2S/c1-3-33-29-22-19(30(13-24(22,27)28)23(31)20-9-10-32-20)12-16-5-4-6-17(21(16)26)15-7-8-18(25)14(2)11-15/h4-8,11,19-20,22,29H,3,9-10,12-13H2,1-2H3/t19-,20?,22+/m0/s1. The van der Waals surface area contributed by atoms with Gasteiger partial charge in [0.1, 0.15) is 23.8 Å². The maximum absolute atomic E-state index is 15.5. The average molecular weight is 483 g/mol. The van der Waals surface area contributed by atoms with Crippen molar-refractivity contribution in [3.63, 3.8) is 0 Å². The number of carbonyl (C=O) groups is 1. The summed E-state index contributed by atoms with van der Waals surface area (Å²) in [5, 5.41) is 0. The third kappa shape index (κ3) is 4.76. The molecule has 0 bridgehead atoms. The summed E-state index contributed by atoms with van der Waals surface area (Å²) in [7, 11) is 0. The SMILES string of the molecule is CCSN[C@@H]1[C@H](Cc2cccc(-c3ccc(F)c(C)c3)c2F)N(C(=O)C2CCO2)CC1(F)F. The highest BCUT2D eigenvalue weighted by molar-refractivity contribution is 7.97. The van der Waals surface area contributed by atoms with Crippen LogP contribution in [0.15, 0.2) is 36.4 Å². The van der Waals surface area contributed by atoms with Crippen LogP contribution in [0.25, 0.3) is 11.1 Å². The van der Waals surface area contributed by atoms with E-state index in [4.69, 9.17) is 4.74 Å². The zero-order valence-corrected chi connectivity index (χ0v) is 19.2. The summed E-state index contributed by atoms with van der Waals surface area (Å²) in [5.41, 5.74) is 1.36. The minimum absolute atomic E-state index is 0.0875. The van der Waals surface area contributed by atoms with Gasteiger partial charge in [-0.25, -0.2) is 17.6 Å². The summed E-state index contributed by atoms with van der Waals surface area (Å²) in [5.74, 6) is -4.05. The van der Waals surface area contributed by atoms with Crippen LogP contribution in [0, 0.1) is 18.6 Å². The van der Waals surface area contributed by atoms with E-state index in [1.165, 1.54) is 18.2 Å². The molecule has 0 radical (unpaired) electrons. The van der Waals surface area contributed by atoms with Crippen molar-refractivity contribution < 1.29 is 27.1 Å². The summed E-state index contributed by atoms with van der Waals surface area (Å²) in [6.07, 6.45) is -0.321. The molecule has 2 fully saturated rings. The first-order valence-electron chi connectivity index (χ1n) is 10.9. The lowest BCUT2D eigenvalue weighted by atomic mass is 9.94. The van der Waals surface area contributed by atoms with E-state index in [9.17, 15) is 18.0 Å². The number of benzene rings is 2. The number of hydrogen-bond acceptors (Lipinski definition) is 4. The van der Waals surface area contributed by atoms with Crippen LogP contribution in [0.1, 0.15) is 24.5 Å². The minimum Gasteiger partial charge on any atom is -0.368 e. The lowest BCUT2D eigenvalue weighted by Crippen LogP contribution is -2.51. The molecule has 0 saturated carbocycles. The number of nitrogens with one attached hydrogen (secondary N) is 1. The van der Waals surface area contributed by atoms with Gasteiger partial charge < -0.3 is 9.64 Å². The Labute approximate surface area is 194 Å². The first-order chi connectivity index (χ1) is 15.7. The van der Waals surface area contributed by atoms with Crippen molar-refractivity contribution in [1.29, 1.82) is 0 Å². The second-order valence-electron chi connectivity index (χ2n) is 8.42. The number of nitrogens with zero attached hydrogens (tertiary/aromatic N) is 1. The van der Waals surface area contributed by atoms with Gasteiger partial charge in [-0.3, -0.25) is 9.52 Å². The molecule has 0 aliphatic carbocycles. The average Bonchev–Trinajstić information content (AvgIpc) is 2.98. The van der Waals surface area contributed by atoms with Crippen LogP contribution >= 0.6 is 11.9 Å². The van der Waals surface area contributed by atoms with Crippen molar-refractivity contribution in [1.82, 2.24) is 9.62 Å². The normalized spacial score (nSPS) is 24.1. The van der Waals surface area contributed by atoms with Crippen molar-refractivity contribution in [3.05, 3.63) is 59.2 Å². The molecule has 9 heteroatoms. The Morgan fingerprint density at radius 2 is 2.03 bits per heavy atom. The zero-order chi connectivity index (χ0) is 23.8. The van der Waals surface area contributed by atoms with Crippen LogP contribution in [-0.4, -0.2) is 53.8 Å². The van der Waals surface area contributed by atoms with E-state index in [0.29, 0.717) is 29.9 Å². The molecule has 2 aliphatic heterocycles. The Hall–Kier alpha value is -2.10. The Kier molecular flexibility index (Phi) is 7.02. The van der Waals surface area contributed by atoms with Gasteiger partial charge in [-0.05, 0) is 42.2 Å². The highest BCUT2D eigenvalue weighted by atomic mass is 32.2. The maximum Gasteiger partial charge on any atom is 0.283 e. The molecule has 1 N–H and O–H groups in total. The summed E-state index contributed by atoms with van der Waals surface area (Å²) in [6, 6.07) is 6.78. The van der Waals surface area contributed by atoms with Gasteiger partial charge in [0, 0.05) is 17.7 Å². The number of rotatable bonds is 7. The second-order valence-corrected chi connectivity index (χ2v) is 9.52. The summed E-state index contributed by atoms with van der Waals surface area (Å²) in [6.45, 7) is 3.11. The van der Waals surface area contributed by atoms with Crippen LogP contribution in [0.3, 0.4) is 0 Å². The predicted molar refractivity (Wildman–Crippen MR) is 120 cm³/mol. The molecule has 3 atom stereocenters. The number of amides is 1. The topological polar surface area (TPSA) is 41.6 Å². The van der Waals surface area contributed by atoms with E-state index in [1.54, 1.807) is 25.1 Å². The molecule has 1 unspecified atom stereocenters. The highest BCUT2D eigenvalue weighted by Crippen LogP contribution is 2.38. The highest BCUT2D eigenvalue weighted by Gasteiger charge is 2.57.